The first kappa shape index (κ1) is 22.5. The third-order valence-corrected chi connectivity index (χ3v) is 7.92. The molecule has 2 aromatic rings. The molecule has 0 bridgehead atoms. The summed E-state index contributed by atoms with van der Waals surface area (Å²) in [6.45, 7) is 0.770. The van der Waals surface area contributed by atoms with Gasteiger partial charge in [0.05, 0.1) is 15.4 Å². The van der Waals surface area contributed by atoms with Gasteiger partial charge in [0, 0.05) is 18.8 Å². The van der Waals surface area contributed by atoms with Gasteiger partial charge in [-0.15, -0.1) is 0 Å². The summed E-state index contributed by atoms with van der Waals surface area (Å²) in [5.41, 5.74) is -2.08. The van der Waals surface area contributed by atoms with Crippen LogP contribution >= 0.6 is 0 Å². The Hall–Kier alpha value is -2.18. The predicted molar refractivity (Wildman–Crippen MR) is 101 cm³/mol. The van der Waals surface area contributed by atoms with Gasteiger partial charge in [0.2, 0.25) is 10.0 Å². The highest BCUT2D eigenvalue weighted by Gasteiger charge is 2.34. The molecule has 0 aliphatic carbocycles. The van der Waals surface area contributed by atoms with E-state index >= 15 is 0 Å². The van der Waals surface area contributed by atoms with Gasteiger partial charge < -0.3 is 0 Å². The second kappa shape index (κ2) is 8.16. The van der Waals surface area contributed by atoms with Crippen molar-refractivity contribution in [1.82, 2.24) is 4.31 Å². The van der Waals surface area contributed by atoms with E-state index in [9.17, 15) is 34.4 Å². The molecule has 3 rings (SSSR count). The highest BCUT2D eigenvalue weighted by molar-refractivity contribution is 7.92. The number of nitrogens with zero attached hydrogens (tertiary/aromatic N) is 1. The molecule has 0 unspecified atom stereocenters. The Kier molecular flexibility index (Phi) is 6.12. The molecular formula is C18H18F4N2O4S2. The van der Waals surface area contributed by atoms with Crippen molar-refractivity contribution >= 4 is 25.7 Å². The number of hydrogen-bond donors (Lipinski definition) is 1. The number of nitrogens with one attached hydrogen (secondary N) is 1. The van der Waals surface area contributed by atoms with Crippen molar-refractivity contribution < 1.29 is 34.4 Å². The molecule has 0 saturated carbocycles. The molecule has 1 heterocycles. The minimum Gasteiger partial charge on any atom is -0.280 e. The molecule has 2 aromatic carbocycles. The maximum atomic E-state index is 13.4. The molecule has 0 aromatic heterocycles. The minimum absolute atomic E-state index is 0.0792. The molecule has 1 N–H and O–H groups in total. The fourth-order valence-corrected chi connectivity index (χ4v) is 5.63. The SMILES string of the molecule is O=S(=O)(Nc1ccc(F)c(C(F)(F)F)c1)c1ccc(S(=O)(=O)N2CCCCC2)cc1. The summed E-state index contributed by atoms with van der Waals surface area (Å²) in [5.74, 6) is -1.53. The number of halogens is 4. The molecule has 1 aliphatic rings. The van der Waals surface area contributed by atoms with Gasteiger partial charge in [-0.2, -0.15) is 17.5 Å². The van der Waals surface area contributed by atoms with Crippen LogP contribution in [0.3, 0.4) is 0 Å². The van der Waals surface area contributed by atoms with Crippen LogP contribution in [0.2, 0.25) is 0 Å². The Balaban J connectivity index is 1.84. The standard InChI is InChI=1S/C18H18F4N2O4S2/c19-17-9-4-13(12-16(17)18(20,21)22)23-29(25,26)14-5-7-15(8-6-14)30(27,28)24-10-2-1-3-11-24/h4-9,12,23H,1-3,10-11H2. The van der Waals surface area contributed by atoms with Gasteiger partial charge in [0.1, 0.15) is 5.82 Å². The summed E-state index contributed by atoms with van der Waals surface area (Å²) in [6.07, 6.45) is -2.56. The Morgan fingerprint density at radius 2 is 1.40 bits per heavy atom. The molecule has 0 atom stereocenters. The number of rotatable bonds is 5. The van der Waals surface area contributed by atoms with Crippen molar-refractivity contribution in [3.05, 3.63) is 53.8 Å². The van der Waals surface area contributed by atoms with Gasteiger partial charge in [-0.3, -0.25) is 4.72 Å². The topological polar surface area (TPSA) is 83.5 Å². The lowest BCUT2D eigenvalue weighted by atomic mass is 10.2. The first-order chi connectivity index (χ1) is 13.9. The molecule has 6 nitrogen and oxygen atoms in total. The van der Waals surface area contributed by atoms with Crippen LogP contribution in [0, 0.1) is 5.82 Å². The van der Waals surface area contributed by atoms with E-state index in [1.807, 2.05) is 4.72 Å². The van der Waals surface area contributed by atoms with Crippen LogP contribution in [-0.4, -0.2) is 34.2 Å². The van der Waals surface area contributed by atoms with Crippen LogP contribution in [-0.2, 0) is 26.2 Å². The van der Waals surface area contributed by atoms with E-state index in [1.54, 1.807) is 0 Å². The number of anilines is 1. The number of alkyl halides is 3. The zero-order valence-corrected chi connectivity index (χ0v) is 17.1. The molecular weight excluding hydrogens is 448 g/mol. The maximum Gasteiger partial charge on any atom is 0.419 e. The lowest BCUT2D eigenvalue weighted by Gasteiger charge is -2.25. The van der Waals surface area contributed by atoms with E-state index in [1.165, 1.54) is 4.31 Å². The van der Waals surface area contributed by atoms with Crippen molar-refractivity contribution in [2.45, 2.75) is 35.2 Å². The van der Waals surface area contributed by atoms with E-state index in [-0.39, 0.29) is 9.79 Å². The van der Waals surface area contributed by atoms with Crippen molar-refractivity contribution in [1.29, 1.82) is 0 Å². The zero-order chi connectivity index (χ0) is 22.2. The predicted octanol–water partition coefficient (Wildman–Crippen LogP) is 3.82. The van der Waals surface area contributed by atoms with Crippen molar-refractivity contribution in [2.75, 3.05) is 17.8 Å². The summed E-state index contributed by atoms with van der Waals surface area (Å²) in [5, 5.41) is 0. The first-order valence-corrected chi connectivity index (χ1v) is 11.8. The van der Waals surface area contributed by atoms with Crippen LogP contribution < -0.4 is 4.72 Å². The monoisotopic (exact) mass is 466 g/mol. The van der Waals surface area contributed by atoms with Gasteiger partial charge in [-0.1, -0.05) is 6.42 Å². The van der Waals surface area contributed by atoms with Crippen LogP contribution in [0.1, 0.15) is 24.8 Å². The number of sulfonamides is 2. The van der Waals surface area contributed by atoms with E-state index in [0.29, 0.717) is 25.2 Å². The van der Waals surface area contributed by atoms with Crippen LogP contribution in [0.4, 0.5) is 23.2 Å². The number of piperidine rings is 1. The van der Waals surface area contributed by atoms with Gasteiger partial charge in [0.15, 0.2) is 0 Å². The zero-order valence-electron chi connectivity index (χ0n) is 15.5. The van der Waals surface area contributed by atoms with E-state index < -0.39 is 43.3 Å². The Bertz CT molecular complexity index is 1130. The largest absolute Gasteiger partial charge is 0.419 e. The van der Waals surface area contributed by atoms with Crippen molar-refractivity contribution in [3.8, 4) is 0 Å². The number of benzene rings is 2. The average Bonchev–Trinajstić information content (AvgIpc) is 2.69. The Morgan fingerprint density at radius 1 is 0.833 bits per heavy atom. The molecule has 1 fully saturated rings. The van der Waals surface area contributed by atoms with E-state index in [0.717, 1.165) is 49.6 Å². The summed E-state index contributed by atoms with van der Waals surface area (Å²) in [6, 6.07) is 6.07. The quantitative estimate of drug-likeness (QED) is 0.679. The second-order valence-corrected chi connectivity index (χ2v) is 10.4. The molecule has 1 aliphatic heterocycles. The van der Waals surface area contributed by atoms with Crippen LogP contribution in [0.5, 0.6) is 0 Å². The molecule has 0 amide bonds. The van der Waals surface area contributed by atoms with E-state index in [2.05, 4.69) is 0 Å². The third-order valence-electron chi connectivity index (χ3n) is 4.61. The highest BCUT2D eigenvalue weighted by Crippen LogP contribution is 2.33. The lowest BCUT2D eigenvalue weighted by molar-refractivity contribution is -0.139. The fraction of sp³-hybridized carbons (Fsp3) is 0.333. The summed E-state index contributed by atoms with van der Waals surface area (Å²) in [7, 11) is -8.08. The third kappa shape index (κ3) is 4.76. The molecule has 12 heteroatoms. The molecule has 164 valence electrons. The molecule has 0 radical (unpaired) electrons. The lowest BCUT2D eigenvalue weighted by Crippen LogP contribution is -2.35. The first-order valence-electron chi connectivity index (χ1n) is 8.91. The second-order valence-electron chi connectivity index (χ2n) is 6.73. The van der Waals surface area contributed by atoms with Gasteiger partial charge in [0.25, 0.3) is 10.0 Å². The van der Waals surface area contributed by atoms with Crippen LogP contribution in [0.15, 0.2) is 52.3 Å². The van der Waals surface area contributed by atoms with Gasteiger partial charge in [-0.05, 0) is 55.3 Å². The van der Waals surface area contributed by atoms with Crippen molar-refractivity contribution in [3.63, 3.8) is 0 Å². The van der Waals surface area contributed by atoms with Gasteiger partial charge >= 0.3 is 6.18 Å². The summed E-state index contributed by atoms with van der Waals surface area (Å²) >= 11 is 0. The Labute approximate surface area is 171 Å². The smallest absolute Gasteiger partial charge is 0.280 e. The van der Waals surface area contributed by atoms with Crippen LogP contribution in [0.25, 0.3) is 0 Å². The molecule has 1 saturated heterocycles. The Morgan fingerprint density at radius 3 is 1.97 bits per heavy atom. The highest BCUT2D eigenvalue weighted by atomic mass is 32.2. The average molecular weight is 466 g/mol. The number of hydrogen-bond acceptors (Lipinski definition) is 4. The summed E-state index contributed by atoms with van der Waals surface area (Å²) < 4.78 is 105. The summed E-state index contributed by atoms with van der Waals surface area (Å²) in [4.78, 5) is -0.428. The normalized spacial score (nSPS) is 16.4. The van der Waals surface area contributed by atoms with Gasteiger partial charge in [-0.25, -0.2) is 21.2 Å². The van der Waals surface area contributed by atoms with E-state index in [4.69, 9.17) is 0 Å². The molecule has 0 spiro atoms. The fourth-order valence-electron chi connectivity index (χ4n) is 3.07. The molecule has 30 heavy (non-hydrogen) atoms. The van der Waals surface area contributed by atoms with Crippen molar-refractivity contribution in [2.24, 2.45) is 0 Å². The minimum atomic E-state index is -4.99. The maximum absolute atomic E-state index is 13.4.